The second-order valence-corrected chi connectivity index (χ2v) is 6.74. The number of phenolic OH excluding ortho intramolecular Hbond substituents is 1. The molecule has 0 amide bonds. The summed E-state index contributed by atoms with van der Waals surface area (Å²) in [5.74, 6) is 0.183. The summed E-state index contributed by atoms with van der Waals surface area (Å²) in [6.45, 7) is 4.07. The predicted molar refractivity (Wildman–Crippen MR) is 110 cm³/mol. The van der Waals surface area contributed by atoms with Gasteiger partial charge in [0.1, 0.15) is 11.4 Å². The van der Waals surface area contributed by atoms with E-state index in [0.29, 0.717) is 11.3 Å². The number of aliphatic imine (C=N–C) groups is 1. The maximum absolute atomic E-state index is 10.8. The molecular formula is C23H20N2O2. The van der Waals surface area contributed by atoms with Gasteiger partial charge in [-0.3, -0.25) is 4.99 Å². The van der Waals surface area contributed by atoms with Gasteiger partial charge in [0.25, 0.3) is 0 Å². The Kier molecular flexibility index (Phi) is 4.16. The first-order valence-corrected chi connectivity index (χ1v) is 8.77. The number of aromatic hydroxyl groups is 2. The number of benzene rings is 3. The van der Waals surface area contributed by atoms with Crippen molar-refractivity contribution in [2.45, 2.75) is 13.8 Å². The van der Waals surface area contributed by atoms with Crippen molar-refractivity contribution in [2.24, 2.45) is 4.99 Å². The zero-order valence-corrected chi connectivity index (χ0v) is 15.2. The summed E-state index contributed by atoms with van der Waals surface area (Å²) in [4.78, 5) is 7.36. The quantitative estimate of drug-likeness (QED) is 0.417. The van der Waals surface area contributed by atoms with Gasteiger partial charge in [0, 0.05) is 22.7 Å². The summed E-state index contributed by atoms with van der Waals surface area (Å²) >= 11 is 0. The van der Waals surface area contributed by atoms with Crippen molar-refractivity contribution in [3.05, 3.63) is 77.4 Å². The van der Waals surface area contributed by atoms with Crippen molar-refractivity contribution in [2.75, 3.05) is 0 Å². The van der Waals surface area contributed by atoms with E-state index in [9.17, 15) is 10.2 Å². The molecule has 0 unspecified atom stereocenters. The Labute approximate surface area is 157 Å². The number of H-pyrrole nitrogens is 1. The number of rotatable bonds is 3. The van der Waals surface area contributed by atoms with E-state index in [-0.39, 0.29) is 11.6 Å². The number of nitrogens with one attached hydrogen (secondary N) is 1. The van der Waals surface area contributed by atoms with Crippen molar-refractivity contribution < 1.29 is 10.2 Å². The van der Waals surface area contributed by atoms with E-state index in [1.807, 2.05) is 62.4 Å². The van der Waals surface area contributed by atoms with Gasteiger partial charge in [-0.15, -0.1) is 0 Å². The monoisotopic (exact) mass is 356 g/mol. The molecule has 0 saturated heterocycles. The van der Waals surface area contributed by atoms with Crippen molar-refractivity contribution in [1.29, 1.82) is 0 Å². The van der Waals surface area contributed by atoms with Crippen LogP contribution in [0.15, 0.2) is 65.7 Å². The molecule has 0 aliphatic carbocycles. The van der Waals surface area contributed by atoms with Gasteiger partial charge in [-0.05, 0) is 31.5 Å². The lowest BCUT2D eigenvalue weighted by Crippen LogP contribution is -1.85. The summed E-state index contributed by atoms with van der Waals surface area (Å²) in [6.07, 6.45) is 1.58. The number of nitrogens with zero attached hydrogens (tertiary/aromatic N) is 1. The Bertz CT molecular complexity index is 1150. The Morgan fingerprint density at radius 1 is 0.889 bits per heavy atom. The molecule has 4 rings (SSSR count). The number of para-hydroxylation sites is 2. The maximum atomic E-state index is 10.8. The van der Waals surface area contributed by atoms with Gasteiger partial charge in [-0.2, -0.15) is 0 Å². The molecule has 134 valence electrons. The highest BCUT2D eigenvalue weighted by Crippen LogP contribution is 2.38. The van der Waals surface area contributed by atoms with Crippen LogP contribution in [0.2, 0.25) is 0 Å². The molecule has 0 spiro atoms. The summed E-state index contributed by atoms with van der Waals surface area (Å²) < 4.78 is 0. The van der Waals surface area contributed by atoms with Crippen LogP contribution >= 0.6 is 0 Å². The van der Waals surface area contributed by atoms with E-state index < -0.39 is 0 Å². The van der Waals surface area contributed by atoms with Crippen LogP contribution in [0.25, 0.3) is 22.0 Å². The van der Waals surface area contributed by atoms with Gasteiger partial charge in [0.15, 0.2) is 5.88 Å². The molecule has 3 N–H and O–H groups in total. The lowest BCUT2D eigenvalue weighted by atomic mass is 9.99. The Balaban J connectivity index is 1.77. The second-order valence-electron chi connectivity index (χ2n) is 6.74. The third kappa shape index (κ3) is 3.17. The second kappa shape index (κ2) is 6.65. The molecule has 4 heteroatoms. The summed E-state index contributed by atoms with van der Waals surface area (Å²) in [5.41, 5.74) is 5.86. The number of aromatic nitrogens is 1. The van der Waals surface area contributed by atoms with Crippen molar-refractivity contribution in [3.63, 3.8) is 0 Å². The molecule has 0 radical (unpaired) electrons. The van der Waals surface area contributed by atoms with Gasteiger partial charge in [0.05, 0.1) is 5.56 Å². The minimum absolute atomic E-state index is 0.0601. The van der Waals surface area contributed by atoms with Crippen molar-refractivity contribution in [3.8, 4) is 22.8 Å². The van der Waals surface area contributed by atoms with Crippen LogP contribution < -0.4 is 0 Å². The highest BCUT2D eigenvalue weighted by atomic mass is 16.3. The topological polar surface area (TPSA) is 68.6 Å². The molecule has 1 heterocycles. The van der Waals surface area contributed by atoms with E-state index in [2.05, 4.69) is 16.0 Å². The number of hydrogen-bond donors (Lipinski definition) is 3. The van der Waals surface area contributed by atoms with Gasteiger partial charge < -0.3 is 15.2 Å². The van der Waals surface area contributed by atoms with Crippen molar-refractivity contribution in [1.82, 2.24) is 4.98 Å². The Morgan fingerprint density at radius 2 is 1.63 bits per heavy atom. The molecule has 1 aromatic heterocycles. The normalized spacial score (nSPS) is 11.5. The van der Waals surface area contributed by atoms with Gasteiger partial charge in [-0.1, -0.05) is 59.7 Å². The fraction of sp³-hybridized carbons (Fsp3) is 0.0870. The zero-order chi connectivity index (χ0) is 19.0. The molecule has 3 aromatic carbocycles. The van der Waals surface area contributed by atoms with Crippen LogP contribution in [-0.4, -0.2) is 21.4 Å². The molecule has 0 bridgehead atoms. The van der Waals surface area contributed by atoms with Crippen LogP contribution in [0.5, 0.6) is 11.6 Å². The highest BCUT2D eigenvalue weighted by Gasteiger charge is 2.11. The van der Waals surface area contributed by atoms with Crippen LogP contribution in [0.1, 0.15) is 16.7 Å². The fourth-order valence-electron chi connectivity index (χ4n) is 3.41. The summed E-state index contributed by atoms with van der Waals surface area (Å²) in [5, 5.41) is 21.8. The van der Waals surface area contributed by atoms with Gasteiger partial charge in [0.2, 0.25) is 0 Å². The SMILES string of the molecule is Cc1cc(C)cc(-c2cccc(N=Cc3c(O)[nH]c4ccccc34)c2O)c1. The molecule has 0 aliphatic rings. The zero-order valence-electron chi connectivity index (χ0n) is 15.2. The minimum atomic E-state index is 0.0601. The third-order valence-corrected chi connectivity index (χ3v) is 4.61. The molecular weight excluding hydrogens is 336 g/mol. The Morgan fingerprint density at radius 3 is 2.41 bits per heavy atom. The first-order valence-electron chi connectivity index (χ1n) is 8.77. The van der Waals surface area contributed by atoms with E-state index in [1.165, 1.54) is 0 Å². The van der Waals surface area contributed by atoms with Crippen LogP contribution in [0.3, 0.4) is 0 Å². The highest BCUT2D eigenvalue weighted by molar-refractivity contribution is 6.02. The third-order valence-electron chi connectivity index (χ3n) is 4.61. The first-order chi connectivity index (χ1) is 13.0. The molecule has 27 heavy (non-hydrogen) atoms. The number of phenols is 1. The summed E-state index contributed by atoms with van der Waals surface area (Å²) in [6, 6.07) is 19.3. The van der Waals surface area contributed by atoms with E-state index >= 15 is 0 Å². The number of aryl methyl sites for hydroxylation is 2. The smallest absolute Gasteiger partial charge is 0.198 e. The number of fused-ring (bicyclic) bond motifs is 1. The molecule has 0 atom stereocenters. The Hall–Kier alpha value is -3.53. The van der Waals surface area contributed by atoms with Crippen LogP contribution in [-0.2, 0) is 0 Å². The van der Waals surface area contributed by atoms with Gasteiger partial charge >= 0.3 is 0 Å². The fourth-order valence-corrected chi connectivity index (χ4v) is 3.41. The molecule has 0 aliphatic heterocycles. The number of hydrogen-bond acceptors (Lipinski definition) is 3. The summed E-state index contributed by atoms with van der Waals surface area (Å²) in [7, 11) is 0. The average molecular weight is 356 g/mol. The number of aromatic amines is 1. The van der Waals surface area contributed by atoms with E-state index in [4.69, 9.17) is 0 Å². The van der Waals surface area contributed by atoms with Gasteiger partial charge in [-0.25, -0.2) is 0 Å². The lowest BCUT2D eigenvalue weighted by molar-refractivity contribution is 0.457. The molecule has 4 aromatic rings. The minimum Gasteiger partial charge on any atom is -0.505 e. The van der Waals surface area contributed by atoms with Crippen molar-refractivity contribution >= 4 is 22.8 Å². The van der Waals surface area contributed by atoms with E-state index in [1.54, 1.807) is 12.3 Å². The predicted octanol–water partition coefficient (Wildman–Crippen LogP) is 5.61. The first kappa shape index (κ1) is 16.9. The standard InChI is InChI=1S/C23H20N2O2/c1-14-10-15(2)12-16(11-14)17-7-5-9-21(22(17)26)24-13-19-18-6-3-4-8-20(18)25-23(19)27/h3-13,25-27H,1-2H3. The lowest BCUT2D eigenvalue weighted by Gasteiger charge is -2.09. The van der Waals surface area contributed by atoms with Crippen LogP contribution in [0, 0.1) is 13.8 Å². The largest absolute Gasteiger partial charge is 0.505 e. The van der Waals surface area contributed by atoms with Crippen LogP contribution in [0.4, 0.5) is 5.69 Å². The maximum Gasteiger partial charge on any atom is 0.198 e. The molecule has 4 nitrogen and oxygen atoms in total. The molecule has 0 saturated carbocycles. The average Bonchev–Trinajstić information content (AvgIpc) is 2.95. The van der Waals surface area contributed by atoms with E-state index in [0.717, 1.165) is 33.2 Å². The molecule has 0 fully saturated rings.